The minimum atomic E-state index is 0. The number of benzene rings is 1. The number of halogens is 2. The molecule has 5 nitrogen and oxygen atoms in total. The van der Waals surface area contributed by atoms with Gasteiger partial charge in [-0.2, -0.15) is 0 Å². The number of carbonyl (C=O) groups is 1. The summed E-state index contributed by atoms with van der Waals surface area (Å²) in [6.45, 7) is 3.97. The highest BCUT2D eigenvalue weighted by Crippen LogP contribution is 2.14. The number of hydrogen-bond donors (Lipinski definition) is 0. The van der Waals surface area contributed by atoms with Crippen molar-refractivity contribution < 1.29 is 4.79 Å². The van der Waals surface area contributed by atoms with Crippen LogP contribution < -0.4 is 0 Å². The van der Waals surface area contributed by atoms with E-state index in [4.69, 9.17) is 11.6 Å². The largest absolute Gasteiger partial charge is 0.339 e. The highest BCUT2D eigenvalue weighted by molar-refractivity contribution is 6.27. The molecule has 1 saturated heterocycles. The lowest BCUT2D eigenvalue weighted by atomic mass is 10.2. The van der Waals surface area contributed by atoms with Crippen LogP contribution in [0.4, 0.5) is 0 Å². The van der Waals surface area contributed by atoms with Crippen molar-refractivity contribution in [2.45, 2.75) is 6.54 Å². The van der Waals surface area contributed by atoms with E-state index in [0.717, 1.165) is 49.7 Å². The summed E-state index contributed by atoms with van der Waals surface area (Å²) in [6.07, 6.45) is 3.76. The highest BCUT2D eigenvalue weighted by atomic mass is 35.5. The van der Waals surface area contributed by atoms with Gasteiger partial charge in [-0.05, 0) is 0 Å². The summed E-state index contributed by atoms with van der Waals surface area (Å²) in [6, 6.07) is 9.94. The van der Waals surface area contributed by atoms with E-state index in [1.54, 1.807) is 0 Å². The molecule has 24 heavy (non-hydrogen) atoms. The first-order valence-electron chi connectivity index (χ1n) is 7.68. The van der Waals surface area contributed by atoms with E-state index < -0.39 is 0 Å². The molecular formula is C17H20Cl2N4O. The smallest absolute Gasteiger partial charge is 0.237 e. The molecule has 1 aliphatic rings. The van der Waals surface area contributed by atoms with Crippen molar-refractivity contribution in [3.05, 3.63) is 48.3 Å². The topological polar surface area (TPSA) is 49.3 Å². The van der Waals surface area contributed by atoms with Crippen LogP contribution in [-0.4, -0.2) is 57.7 Å². The van der Waals surface area contributed by atoms with Gasteiger partial charge in [0.15, 0.2) is 5.82 Å². The normalized spacial score (nSPS) is 15.0. The lowest BCUT2D eigenvalue weighted by molar-refractivity contribution is -0.130. The molecule has 0 spiro atoms. The lowest BCUT2D eigenvalue weighted by Gasteiger charge is -2.34. The van der Waals surface area contributed by atoms with Gasteiger partial charge in [0, 0.05) is 56.2 Å². The van der Waals surface area contributed by atoms with Gasteiger partial charge in [-0.1, -0.05) is 30.3 Å². The van der Waals surface area contributed by atoms with E-state index in [9.17, 15) is 4.79 Å². The predicted octanol–water partition coefficient (Wildman–Crippen LogP) is 2.45. The first-order chi connectivity index (χ1) is 11.3. The molecule has 2 aromatic rings. The van der Waals surface area contributed by atoms with Crippen molar-refractivity contribution in [1.29, 1.82) is 0 Å². The molecule has 0 unspecified atom stereocenters. The Kier molecular flexibility index (Phi) is 6.97. The van der Waals surface area contributed by atoms with Gasteiger partial charge in [0.2, 0.25) is 5.91 Å². The Hall–Kier alpha value is -1.69. The van der Waals surface area contributed by atoms with Crippen molar-refractivity contribution in [2.75, 3.05) is 32.1 Å². The zero-order valence-corrected chi connectivity index (χ0v) is 14.8. The van der Waals surface area contributed by atoms with Gasteiger partial charge < -0.3 is 4.90 Å². The third-order valence-corrected chi connectivity index (χ3v) is 4.21. The number of amides is 1. The molecule has 0 radical (unpaired) electrons. The molecule has 0 bridgehead atoms. The molecule has 2 heterocycles. The maximum atomic E-state index is 11.6. The number of piperazine rings is 1. The average molecular weight is 367 g/mol. The molecule has 3 rings (SSSR count). The quantitative estimate of drug-likeness (QED) is 0.779. The molecule has 1 aromatic heterocycles. The zero-order valence-electron chi connectivity index (χ0n) is 13.3. The standard InChI is InChI=1S/C17H19ClN4O.ClH/c18-10-16(23)22-8-6-21(7-9-22)13-14-11-19-17(20-12-14)15-4-2-1-3-5-15;/h1-5,11-12H,6-10,13H2;1H. The number of rotatable bonds is 4. The Bertz CT molecular complexity index is 643. The number of carbonyl (C=O) groups excluding carboxylic acids is 1. The number of hydrogen-bond acceptors (Lipinski definition) is 4. The Balaban J connectivity index is 0.00000208. The molecule has 0 saturated carbocycles. The van der Waals surface area contributed by atoms with Crippen molar-refractivity contribution in [3.63, 3.8) is 0 Å². The molecular weight excluding hydrogens is 347 g/mol. The number of aromatic nitrogens is 2. The van der Waals surface area contributed by atoms with Crippen molar-refractivity contribution in [1.82, 2.24) is 19.8 Å². The second kappa shape index (κ2) is 8.97. The van der Waals surface area contributed by atoms with Crippen LogP contribution in [-0.2, 0) is 11.3 Å². The fourth-order valence-corrected chi connectivity index (χ4v) is 2.84. The molecule has 0 atom stereocenters. The molecule has 1 amide bonds. The SMILES string of the molecule is Cl.O=C(CCl)N1CCN(Cc2cnc(-c3ccccc3)nc2)CC1. The van der Waals surface area contributed by atoms with Crippen LogP contribution in [0.2, 0.25) is 0 Å². The minimum absolute atomic E-state index is 0. The summed E-state index contributed by atoms with van der Waals surface area (Å²) < 4.78 is 0. The van der Waals surface area contributed by atoms with Crippen LogP contribution in [0.5, 0.6) is 0 Å². The summed E-state index contributed by atoms with van der Waals surface area (Å²) in [5, 5.41) is 0. The number of nitrogens with zero attached hydrogens (tertiary/aromatic N) is 4. The fourth-order valence-electron chi connectivity index (χ4n) is 2.67. The van der Waals surface area contributed by atoms with Crippen LogP contribution in [0.1, 0.15) is 5.56 Å². The minimum Gasteiger partial charge on any atom is -0.339 e. The van der Waals surface area contributed by atoms with Crippen molar-refractivity contribution in [2.24, 2.45) is 0 Å². The second-order valence-corrected chi connectivity index (χ2v) is 5.84. The highest BCUT2D eigenvalue weighted by Gasteiger charge is 2.20. The van der Waals surface area contributed by atoms with Gasteiger partial charge in [-0.3, -0.25) is 9.69 Å². The van der Waals surface area contributed by atoms with Crippen LogP contribution >= 0.6 is 24.0 Å². The first kappa shape index (κ1) is 18.6. The van der Waals surface area contributed by atoms with E-state index in [-0.39, 0.29) is 24.2 Å². The van der Waals surface area contributed by atoms with E-state index in [1.807, 2.05) is 47.6 Å². The Labute approximate surface area is 153 Å². The zero-order chi connectivity index (χ0) is 16.1. The van der Waals surface area contributed by atoms with Crippen LogP contribution in [0, 0.1) is 0 Å². The van der Waals surface area contributed by atoms with Crippen LogP contribution in [0.3, 0.4) is 0 Å². The molecule has 7 heteroatoms. The summed E-state index contributed by atoms with van der Waals surface area (Å²) in [5.41, 5.74) is 2.11. The van der Waals surface area contributed by atoms with Gasteiger partial charge in [0.25, 0.3) is 0 Å². The van der Waals surface area contributed by atoms with Crippen molar-refractivity contribution >= 4 is 29.9 Å². The lowest BCUT2D eigenvalue weighted by Crippen LogP contribution is -2.48. The second-order valence-electron chi connectivity index (χ2n) is 5.57. The van der Waals surface area contributed by atoms with E-state index in [0.29, 0.717) is 0 Å². The summed E-state index contributed by atoms with van der Waals surface area (Å²) in [4.78, 5) is 24.6. The fraction of sp³-hybridized carbons (Fsp3) is 0.353. The summed E-state index contributed by atoms with van der Waals surface area (Å²) in [5.74, 6) is 0.822. The first-order valence-corrected chi connectivity index (χ1v) is 8.22. The van der Waals surface area contributed by atoms with E-state index in [2.05, 4.69) is 14.9 Å². The Morgan fingerprint density at radius 2 is 1.67 bits per heavy atom. The van der Waals surface area contributed by atoms with E-state index >= 15 is 0 Å². The third-order valence-electron chi connectivity index (χ3n) is 3.98. The maximum Gasteiger partial charge on any atom is 0.237 e. The Morgan fingerprint density at radius 1 is 1.04 bits per heavy atom. The van der Waals surface area contributed by atoms with E-state index in [1.165, 1.54) is 0 Å². The van der Waals surface area contributed by atoms with Gasteiger partial charge >= 0.3 is 0 Å². The Morgan fingerprint density at radius 3 is 2.25 bits per heavy atom. The van der Waals surface area contributed by atoms with Crippen molar-refractivity contribution in [3.8, 4) is 11.4 Å². The molecule has 128 valence electrons. The van der Waals surface area contributed by atoms with Gasteiger partial charge in [0.1, 0.15) is 5.88 Å². The molecule has 0 aliphatic carbocycles. The molecule has 1 fully saturated rings. The monoisotopic (exact) mass is 366 g/mol. The number of alkyl halides is 1. The maximum absolute atomic E-state index is 11.6. The molecule has 1 aromatic carbocycles. The molecule has 0 N–H and O–H groups in total. The molecule has 1 aliphatic heterocycles. The third kappa shape index (κ3) is 4.66. The van der Waals surface area contributed by atoms with Crippen LogP contribution in [0.25, 0.3) is 11.4 Å². The van der Waals surface area contributed by atoms with Gasteiger partial charge in [0.05, 0.1) is 0 Å². The average Bonchev–Trinajstić information content (AvgIpc) is 2.63. The summed E-state index contributed by atoms with van der Waals surface area (Å²) >= 11 is 5.60. The summed E-state index contributed by atoms with van der Waals surface area (Å²) in [7, 11) is 0. The predicted molar refractivity (Wildman–Crippen MR) is 97.3 cm³/mol. The van der Waals surface area contributed by atoms with Crippen LogP contribution in [0.15, 0.2) is 42.7 Å². The van der Waals surface area contributed by atoms with Gasteiger partial charge in [-0.15, -0.1) is 24.0 Å². The van der Waals surface area contributed by atoms with Gasteiger partial charge in [-0.25, -0.2) is 9.97 Å².